The molecular weight excluding hydrogens is 457 g/mol. The number of aromatic nitrogens is 1. The second kappa shape index (κ2) is 13.1. The summed E-state index contributed by atoms with van der Waals surface area (Å²) in [6.45, 7) is 3.26. The summed E-state index contributed by atoms with van der Waals surface area (Å²) in [7, 11) is 5.70. The second-order valence-corrected chi connectivity index (χ2v) is 7.69. The number of nitrogens with one attached hydrogen (secondary N) is 2. The number of hydrogen-bond donors (Lipinski definition) is 2. The van der Waals surface area contributed by atoms with Gasteiger partial charge in [-0.25, -0.2) is 4.39 Å². The van der Waals surface area contributed by atoms with Gasteiger partial charge in [-0.2, -0.15) is 5.26 Å². The number of fused-ring (bicyclic) bond motifs is 1. The van der Waals surface area contributed by atoms with E-state index in [1.807, 2.05) is 44.1 Å². The van der Waals surface area contributed by atoms with Crippen LogP contribution in [0.1, 0.15) is 12.5 Å². The summed E-state index contributed by atoms with van der Waals surface area (Å²) in [6.07, 6.45) is 5.58. The minimum Gasteiger partial charge on any atom is -0.492 e. The number of carbonyl (C=O) groups is 1. The van der Waals surface area contributed by atoms with Crippen LogP contribution in [0.2, 0.25) is 5.02 Å². The van der Waals surface area contributed by atoms with Gasteiger partial charge in [0.25, 0.3) is 0 Å². The van der Waals surface area contributed by atoms with Gasteiger partial charge in [0.2, 0.25) is 0 Å². The van der Waals surface area contributed by atoms with Gasteiger partial charge in [0, 0.05) is 36.9 Å². The molecule has 0 radical (unpaired) electrons. The first-order valence-corrected chi connectivity index (χ1v) is 10.9. The van der Waals surface area contributed by atoms with E-state index in [-0.39, 0.29) is 5.02 Å². The average molecular weight is 484 g/mol. The molecule has 0 aliphatic carbocycles. The van der Waals surface area contributed by atoms with Gasteiger partial charge in [-0.05, 0) is 51.4 Å². The average Bonchev–Trinajstić information content (AvgIpc) is 2.82. The summed E-state index contributed by atoms with van der Waals surface area (Å²) in [5.41, 5.74) is 2.95. The Kier molecular flexibility index (Phi) is 10.3. The fraction of sp³-hybridized carbons (Fsp3) is 0.240. The minimum absolute atomic E-state index is 0.00131. The van der Waals surface area contributed by atoms with E-state index in [0.717, 1.165) is 23.9 Å². The molecule has 0 unspecified atom stereocenters. The summed E-state index contributed by atoms with van der Waals surface area (Å²) < 4.78 is 19.0. The van der Waals surface area contributed by atoms with Crippen LogP contribution in [0.4, 0.5) is 21.5 Å². The number of anilines is 3. The first kappa shape index (κ1) is 26.6. The quantitative estimate of drug-likeness (QED) is 0.328. The third-order valence-electron chi connectivity index (χ3n) is 4.53. The molecule has 0 bridgehead atoms. The number of nitrogens with zero attached hydrogens (tertiary/aromatic N) is 3. The number of pyridine rings is 1. The molecule has 34 heavy (non-hydrogen) atoms. The van der Waals surface area contributed by atoms with Crippen LogP contribution in [0.5, 0.6) is 5.75 Å². The van der Waals surface area contributed by atoms with Crippen molar-refractivity contribution in [1.29, 1.82) is 5.26 Å². The van der Waals surface area contributed by atoms with Crippen molar-refractivity contribution in [3.05, 3.63) is 65.1 Å². The molecular formula is C25H27ClFN5O2. The Morgan fingerprint density at radius 2 is 2.06 bits per heavy atom. The van der Waals surface area contributed by atoms with Crippen molar-refractivity contribution in [3.63, 3.8) is 0 Å². The maximum atomic E-state index is 13.4. The van der Waals surface area contributed by atoms with Gasteiger partial charge >= 0.3 is 0 Å². The number of hydrogen-bond acceptors (Lipinski definition) is 7. The molecule has 0 aliphatic heterocycles. The van der Waals surface area contributed by atoms with E-state index in [0.29, 0.717) is 34.8 Å². The molecule has 9 heteroatoms. The summed E-state index contributed by atoms with van der Waals surface area (Å²) in [6, 6.07) is 10.1. The molecule has 178 valence electrons. The number of allylic oxidation sites excluding steroid dienone is 1. The summed E-state index contributed by atoms with van der Waals surface area (Å²) in [5.74, 6) is 0.173. The fourth-order valence-corrected chi connectivity index (χ4v) is 3.14. The lowest BCUT2D eigenvalue weighted by atomic mass is 10.1. The largest absolute Gasteiger partial charge is 0.492 e. The second-order valence-electron chi connectivity index (χ2n) is 7.29. The molecule has 0 atom stereocenters. The molecule has 0 amide bonds. The molecule has 0 saturated carbocycles. The zero-order valence-electron chi connectivity index (χ0n) is 19.5. The van der Waals surface area contributed by atoms with Crippen molar-refractivity contribution in [3.8, 4) is 11.8 Å². The number of benzene rings is 2. The number of rotatable bonds is 8. The number of likely N-dealkylation sites (N-methyl/N-ethyl adjacent to an activating group) is 1. The summed E-state index contributed by atoms with van der Waals surface area (Å²) >= 11 is 5.86. The maximum Gasteiger partial charge on any atom is 0.144 e. The van der Waals surface area contributed by atoms with E-state index in [1.165, 1.54) is 24.4 Å². The van der Waals surface area contributed by atoms with Gasteiger partial charge in [-0.3, -0.25) is 9.78 Å². The minimum atomic E-state index is -0.504. The molecule has 7 nitrogen and oxygen atoms in total. The molecule has 0 spiro atoms. The van der Waals surface area contributed by atoms with E-state index in [4.69, 9.17) is 16.3 Å². The molecule has 3 aromatic rings. The Morgan fingerprint density at radius 3 is 2.65 bits per heavy atom. The normalized spacial score (nSPS) is 10.5. The Balaban J connectivity index is 0.000000440. The molecule has 1 aromatic heterocycles. The van der Waals surface area contributed by atoms with Gasteiger partial charge in [0.15, 0.2) is 0 Å². The highest BCUT2D eigenvalue weighted by atomic mass is 35.5. The third-order valence-corrected chi connectivity index (χ3v) is 4.82. The highest BCUT2D eigenvalue weighted by molar-refractivity contribution is 6.31. The first-order chi connectivity index (χ1) is 16.3. The van der Waals surface area contributed by atoms with E-state index in [2.05, 4.69) is 21.7 Å². The molecule has 0 aliphatic rings. The maximum absolute atomic E-state index is 13.4. The van der Waals surface area contributed by atoms with Crippen LogP contribution in [0.15, 0.2) is 48.7 Å². The number of ether oxygens (including phenoxy) is 1. The van der Waals surface area contributed by atoms with Crippen LogP contribution in [0, 0.1) is 17.1 Å². The van der Waals surface area contributed by atoms with Crippen LogP contribution in [-0.4, -0.2) is 50.5 Å². The van der Waals surface area contributed by atoms with Crippen molar-refractivity contribution < 1.29 is 13.9 Å². The topological polar surface area (TPSA) is 90.3 Å². The predicted molar refractivity (Wildman–Crippen MR) is 136 cm³/mol. The molecule has 2 N–H and O–H groups in total. The lowest BCUT2D eigenvalue weighted by Crippen LogP contribution is -2.10. The molecule has 1 heterocycles. The number of halogens is 2. The monoisotopic (exact) mass is 483 g/mol. The van der Waals surface area contributed by atoms with Crippen LogP contribution in [0.3, 0.4) is 0 Å². The fourth-order valence-electron chi connectivity index (χ4n) is 2.96. The van der Waals surface area contributed by atoms with E-state index >= 15 is 0 Å². The predicted octanol–water partition coefficient (Wildman–Crippen LogP) is 5.39. The van der Waals surface area contributed by atoms with E-state index in [9.17, 15) is 14.4 Å². The van der Waals surface area contributed by atoms with Crippen LogP contribution in [-0.2, 0) is 4.79 Å². The van der Waals surface area contributed by atoms with Crippen molar-refractivity contribution in [1.82, 2.24) is 9.88 Å². The van der Waals surface area contributed by atoms with Gasteiger partial charge < -0.3 is 20.3 Å². The highest BCUT2D eigenvalue weighted by Gasteiger charge is 2.14. The van der Waals surface area contributed by atoms with Gasteiger partial charge in [0.1, 0.15) is 23.9 Å². The van der Waals surface area contributed by atoms with Crippen molar-refractivity contribution >= 4 is 45.9 Å². The first-order valence-electron chi connectivity index (χ1n) is 10.5. The Morgan fingerprint density at radius 1 is 1.29 bits per heavy atom. The smallest absolute Gasteiger partial charge is 0.144 e. The molecule has 2 aromatic carbocycles. The Bertz CT molecular complexity index is 1210. The summed E-state index contributed by atoms with van der Waals surface area (Å²) in [5, 5.41) is 16.4. The lowest BCUT2D eigenvalue weighted by molar-refractivity contribution is -0.104. The zero-order valence-corrected chi connectivity index (χ0v) is 20.3. The van der Waals surface area contributed by atoms with Gasteiger partial charge in [-0.15, -0.1) is 0 Å². The number of aldehydes is 1. The standard InChI is InChI=1S/C19H16ClFN4O.C6H11NO/c1-3-26-18-8-16-13(7-17(18)23-2)19(11(9-22)10-24-16)25-12-4-5-15(21)14(20)6-12;1-7(2)5-3-4-6-8/h4-8,10,23H,3H2,1-2H3,(H,24,25);3-4,6H,5H2,1-2H3/b;4-3+. The van der Waals surface area contributed by atoms with E-state index < -0.39 is 5.82 Å². The highest BCUT2D eigenvalue weighted by Crippen LogP contribution is 2.36. The van der Waals surface area contributed by atoms with E-state index in [1.54, 1.807) is 13.1 Å². The van der Waals surface area contributed by atoms with Crippen LogP contribution < -0.4 is 15.4 Å². The van der Waals surface area contributed by atoms with Gasteiger partial charge in [-0.1, -0.05) is 17.7 Å². The van der Waals surface area contributed by atoms with Crippen molar-refractivity contribution in [2.24, 2.45) is 0 Å². The molecule has 3 rings (SSSR count). The van der Waals surface area contributed by atoms with Crippen LogP contribution >= 0.6 is 11.6 Å². The van der Waals surface area contributed by atoms with Gasteiger partial charge in [0.05, 0.1) is 34.1 Å². The SMILES string of the molecule is CCOc1cc2ncc(C#N)c(Nc3ccc(F)c(Cl)c3)c2cc1NC.CN(C)C/C=C/C=O. The molecule has 0 fully saturated rings. The Hall–Kier alpha value is -3.67. The number of nitriles is 1. The van der Waals surface area contributed by atoms with Crippen molar-refractivity contribution in [2.75, 3.05) is 44.9 Å². The molecule has 0 saturated heterocycles. The third kappa shape index (κ3) is 7.17. The summed E-state index contributed by atoms with van der Waals surface area (Å²) in [4.78, 5) is 16.0. The number of carbonyl (C=O) groups excluding carboxylic acids is 1. The Labute approximate surface area is 203 Å². The van der Waals surface area contributed by atoms with Crippen LogP contribution in [0.25, 0.3) is 10.9 Å². The lowest BCUT2D eigenvalue weighted by Gasteiger charge is -2.15. The zero-order chi connectivity index (χ0) is 25.1. The van der Waals surface area contributed by atoms with Crippen molar-refractivity contribution in [2.45, 2.75) is 6.92 Å².